The van der Waals surface area contributed by atoms with Gasteiger partial charge in [0.2, 0.25) is 5.91 Å². The first-order valence-electron chi connectivity index (χ1n) is 8.61. The number of nitrogens with one attached hydrogen (secondary N) is 2. The topological polar surface area (TPSA) is 63.2 Å². The maximum Gasteiger partial charge on any atom is 0.387 e. The van der Waals surface area contributed by atoms with Crippen LogP contribution >= 0.6 is 11.3 Å². The minimum Gasteiger partial charge on any atom is -0.435 e. The van der Waals surface area contributed by atoms with Gasteiger partial charge in [-0.2, -0.15) is 8.78 Å². The van der Waals surface area contributed by atoms with Crippen molar-refractivity contribution >= 4 is 22.4 Å². The van der Waals surface area contributed by atoms with Crippen molar-refractivity contribution in [3.8, 4) is 17.0 Å². The van der Waals surface area contributed by atoms with E-state index in [1.54, 1.807) is 12.1 Å². The van der Waals surface area contributed by atoms with E-state index in [1.807, 2.05) is 5.38 Å². The summed E-state index contributed by atoms with van der Waals surface area (Å²) in [6, 6.07) is 6.27. The molecule has 26 heavy (non-hydrogen) atoms. The van der Waals surface area contributed by atoms with Crippen LogP contribution in [0.5, 0.6) is 5.75 Å². The number of anilines is 1. The summed E-state index contributed by atoms with van der Waals surface area (Å²) in [5, 5.41) is 8.53. The standard InChI is InChI=1S/C18H21F2N3O2S/c19-17(20)25-14-4-2-13(3-5-14)15-11-26-18(22-15)23-16(24)6-1-12-7-9-21-10-8-12/h2-5,11-12,17,21H,1,6-10H2,(H,22,23,24). The second-order valence-electron chi connectivity index (χ2n) is 6.22. The Morgan fingerprint density at radius 2 is 2.04 bits per heavy atom. The third-order valence-electron chi connectivity index (χ3n) is 4.36. The molecule has 0 unspecified atom stereocenters. The average molecular weight is 381 g/mol. The Kier molecular flexibility index (Phi) is 6.51. The van der Waals surface area contributed by atoms with Crippen LogP contribution in [-0.4, -0.2) is 30.6 Å². The van der Waals surface area contributed by atoms with Crippen LogP contribution in [0, 0.1) is 5.92 Å². The highest BCUT2D eigenvalue weighted by Gasteiger charge is 2.15. The summed E-state index contributed by atoms with van der Waals surface area (Å²) in [7, 11) is 0. The molecule has 2 heterocycles. The molecular weight excluding hydrogens is 360 g/mol. The van der Waals surface area contributed by atoms with Gasteiger partial charge in [-0.1, -0.05) is 0 Å². The maximum atomic E-state index is 12.2. The highest BCUT2D eigenvalue weighted by atomic mass is 32.1. The first-order chi connectivity index (χ1) is 12.6. The molecular formula is C18H21F2N3O2S. The number of aromatic nitrogens is 1. The van der Waals surface area contributed by atoms with Crippen LogP contribution in [0.1, 0.15) is 25.7 Å². The predicted molar refractivity (Wildman–Crippen MR) is 97.6 cm³/mol. The van der Waals surface area contributed by atoms with Crippen LogP contribution in [0.15, 0.2) is 29.6 Å². The van der Waals surface area contributed by atoms with Gasteiger partial charge < -0.3 is 15.4 Å². The lowest BCUT2D eigenvalue weighted by atomic mass is 9.93. The van der Waals surface area contributed by atoms with Crippen LogP contribution in [-0.2, 0) is 4.79 Å². The maximum absolute atomic E-state index is 12.2. The number of carbonyl (C=O) groups excluding carboxylic acids is 1. The van der Waals surface area contributed by atoms with Gasteiger partial charge in [0.1, 0.15) is 5.75 Å². The van der Waals surface area contributed by atoms with Gasteiger partial charge in [0.15, 0.2) is 5.13 Å². The van der Waals surface area contributed by atoms with E-state index in [0.717, 1.165) is 37.9 Å². The number of carbonyl (C=O) groups is 1. The molecule has 3 rings (SSSR count). The molecule has 1 amide bonds. The molecule has 5 nitrogen and oxygen atoms in total. The molecule has 0 bridgehead atoms. The van der Waals surface area contributed by atoms with Crippen LogP contribution in [0.4, 0.5) is 13.9 Å². The van der Waals surface area contributed by atoms with Crippen LogP contribution in [0.25, 0.3) is 11.3 Å². The Balaban J connectivity index is 1.51. The van der Waals surface area contributed by atoms with E-state index in [4.69, 9.17) is 0 Å². The number of thiazole rings is 1. The van der Waals surface area contributed by atoms with Gasteiger partial charge in [0.25, 0.3) is 0 Å². The molecule has 2 N–H and O–H groups in total. The molecule has 1 aliphatic rings. The number of nitrogens with zero attached hydrogens (tertiary/aromatic N) is 1. The molecule has 1 saturated heterocycles. The molecule has 1 fully saturated rings. The summed E-state index contributed by atoms with van der Waals surface area (Å²) >= 11 is 1.34. The zero-order chi connectivity index (χ0) is 18.4. The molecule has 2 aromatic rings. The van der Waals surface area contributed by atoms with Crippen molar-refractivity contribution in [2.24, 2.45) is 5.92 Å². The first-order valence-corrected chi connectivity index (χ1v) is 9.49. The quantitative estimate of drug-likeness (QED) is 0.757. The fourth-order valence-electron chi connectivity index (χ4n) is 2.96. The lowest BCUT2D eigenvalue weighted by molar-refractivity contribution is -0.116. The third kappa shape index (κ3) is 5.47. The minimum atomic E-state index is -2.84. The van der Waals surface area contributed by atoms with Crippen molar-refractivity contribution in [2.75, 3.05) is 18.4 Å². The lowest BCUT2D eigenvalue weighted by Gasteiger charge is -2.21. The normalized spacial score (nSPS) is 15.2. The number of benzene rings is 1. The van der Waals surface area contributed by atoms with Crippen molar-refractivity contribution in [2.45, 2.75) is 32.3 Å². The average Bonchev–Trinajstić information content (AvgIpc) is 3.09. The molecule has 1 aromatic heterocycles. The van der Waals surface area contributed by atoms with Crippen LogP contribution in [0.2, 0.25) is 0 Å². The van der Waals surface area contributed by atoms with Gasteiger partial charge in [-0.15, -0.1) is 11.3 Å². The summed E-state index contributed by atoms with van der Waals surface area (Å²) in [4.78, 5) is 16.5. The van der Waals surface area contributed by atoms with E-state index in [-0.39, 0.29) is 11.7 Å². The van der Waals surface area contributed by atoms with Crippen molar-refractivity contribution in [3.63, 3.8) is 0 Å². The molecule has 0 aliphatic carbocycles. The number of rotatable bonds is 7. The number of piperidine rings is 1. The van der Waals surface area contributed by atoms with E-state index < -0.39 is 6.61 Å². The molecule has 0 atom stereocenters. The predicted octanol–water partition coefficient (Wildman–Crippen LogP) is 4.13. The molecule has 1 aliphatic heterocycles. The van der Waals surface area contributed by atoms with Gasteiger partial charge in [-0.3, -0.25) is 4.79 Å². The van der Waals surface area contributed by atoms with E-state index >= 15 is 0 Å². The van der Waals surface area contributed by atoms with E-state index in [0.29, 0.717) is 23.2 Å². The Hall–Kier alpha value is -2.06. The number of hydrogen-bond donors (Lipinski definition) is 2. The van der Waals surface area contributed by atoms with Gasteiger partial charge >= 0.3 is 6.61 Å². The highest BCUT2D eigenvalue weighted by molar-refractivity contribution is 7.14. The van der Waals surface area contributed by atoms with Gasteiger partial charge in [-0.25, -0.2) is 4.98 Å². The summed E-state index contributed by atoms with van der Waals surface area (Å²) < 4.78 is 28.7. The summed E-state index contributed by atoms with van der Waals surface area (Å²) in [6.45, 7) is -0.779. The third-order valence-corrected chi connectivity index (χ3v) is 5.12. The Bertz CT molecular complexity index is 715. The molecule has 0 saturated carbocycles. The highest BCUT2D eigenvalue weighted by Crippen LogP contribution is 2.27. The number of alkyl halides is 2. The van der Waals surface area contributed by atoms with Gasteiger partial charge in [0, 0.05) is 17.4 Å². The second-order valence-corrected chi connectivity index (χ2v) is 7.08. The SMILES string of the molecule is O=C(CCC1CCNCC1)Nc1nc(-c2ccc(OC(F)F)cc2)cs1. The number of amides is 1. The largest absolute Gasteiger partial charge is 0.435 e. The smallest absolute Gasteiger partial charge is 0.387 e. The fourth-order valence-corrected chi connectivity index (χ4v) is 3.69. The van der Waals surface area contributed by atoms with Crippen molar-refractivity contribution in [3.05, 3.63) is 29.6 Å². The van der Waals surface area contributed by atoms with E-state index in [2.05, 4.69) is 20.4 Å². The van der Waals surface area contributed by atoms with Crippen molar-refractivity contribution in [1.29, 1.82) is 0 Å². The zero-order valence-corrected chi connectivity index (χ0v) is 15.0. The Morgan fingerprint density at radius 3 is 2.73 bits per heavy atom. The molecule has 140 valence electrons. The minimum absolute atomic E-state index is 0.0230. The molecule has 0 spiro atoms. The monoisotopic (exact) mass is 381 g/mol. The van der Waals surface area contributed by atoms with Gasteiger partial charge in [0.05, 0.1) is 5.69 Å². The summed E-state index contributed by atoms with van der Waals surface area (Å²) in [5.41, 5.74) is 1.46. The molecule has 1 aromatic carbocycles. The second kappa shape index (κ2) is 9.05. The van der Waals surface area contributed by atoms with Crippen LogP contribution < -0.4 is 15.4 Å². The van der Waals surface area contributed by atoms with E-state index in [9.17, 15) is 13.6 Å². The number of hydrogen-bond acceptors (Lipinski definition) is 5. The number of ether oxygens (including phenoxy) is 1. The van der Waals surface area contributed by atoms with E-state index in [1.165, 1.54) is 23.5 Å². The van der Waals surface area contributed by atoms with Crippen molar-refractivity contribution < 1.29 is 18.3 Å². The summed E-state index contributed by atoms with van der Waals surface area (Å²) in [6.07, 6.45) is 3.65. The van der Waals surface area contributed by atoms with Crippen molar-refractivity contribution in [1.82, 2.24) is 10.3 Å². The number of halogens is 2. The molecule has 8 heteroatoms. The van der Waals surface area contributed by atoms with Gasteiger partial charge in [-0.05, 0) is 62.5 Å². The molecule has 0 radical (unpaired) electrons. The zero-order valence-electron chi connectivity index (χ0n) is 14.2. The summed E-state index contributed by atoms with van der Waals surface area (Å²) in [5.74, 6) is 0.693. The Labute approximate surface area is 154 Å². The lowest BCUT2D eigenvalue weighted by Crippen LogP contribution is -2.28. The fraction of sp³-hybridized carbons (Fsp3) is 0.444. The van der Waals surface area contributed by atoms with Crippen LogP contribution in [0.3, 0.4) is 0 Å². The first kappa shape index (κ1) is 18.7. The Morgan fingerprint density at radius 1 is 1.31 bits per heavy atom.